The minimum Gasteiger partial charge on any atom is -0.494 e. The molecule has 0 fully saturated rings. The third-order valence-corrected chi connectivity index (χ3v) is 5.39. The van der Waals surface area contributed by atoms with Crippen LogP contribution in [-0.4, -0.2) is 38.6 Å². The first-order chi connectivity index (χ1) is 16.4. The molecule has 7 N–H and O–H groups in total. The maximum Gasteiger partial charge on any atom is 0.410 e. The maximum atomic E-state index is 13.2. The van der Waals surface area contributed by atoms with E-state index in [-0.39, 0.29) is 27.9 Å². The molecule has 0 saturated heterocycles. The van der Waals surface area contributed by atoms with Crippen molar-refractivity contribution < 1.29 is 27.9 Å². The van der Waals surface area contributed by atoms with Crippen LogP contribution < -0.4 is 16.8 Å². The number of benzene rings is 1. The molecule has 1 aromatic carbocycles. The third-order valence-electron chi connectivity index (χ3n) is 5.39. The second-order valence-electron chi connectivity index (χ2n) is 9.76. The van der Waals surface area contributed by atoms with Crippen LogP contribution >= 0.6 is 0 Å². The number of allylic oxidation sites excluding steroid dienone is 1. The van der Waals surface area contributed by atoms with Crippen molar-refractivity contribution in [1.29, 1.82) is 5.41 Å². The molecular weight excluding hydrogens is 477 g/mol. The number of aliphatic hydroxyl groups is 1. The molecular formula is C24H31F3N6O3. The van der Waals surface area contributed by atoms with Crippen LogP contribution in [0.15, 0.2) is 36.2 Å². The molecule has 196 valence electrons. The highest BCUT2D eigenvalue weighted by Crippen LogP contribution is 2.36. The van der Waals surface area contributed by atoms with Crippen molar-refractivity contribution in [1.82, 2.24) is 15.1 Å². The second-order valence-corrected chi connectivity index (χ2v) is 9.76. The average molecular weight is 509 g/mol. The number of rotatable bonds is 8. The summed E-state index contributed by atoms with van der Waals surface area (Å²) in [6.45, 7) is 8.27. The number of hydrogen-bond acceptors (Lipinski definition) is 6. The standard InChI is InChI=1S/C24H31F3N6O3/c1-12(22(36)31-17(34)10-16(28)11-23(3,4)5)14-6-8-15(9-7-14)19-18(21(30)35)20(29)33(32-19)13(2)24(25,26)27/h6-10,12-13,28,34H,11,29H2,1-5H3,(H2,30,35)(H,31,36)/b17-10-,28-16?. The van der Waals surface area contributed by atoms with Gasteiger partial charge in [0.2, 0.25) is 5.91 Å². The molecule has 2 aromatic rings. The SMILES string of the molecule is CC(C(=O)N/C(O)=C/C(=N)CC(C)(C)C)c1ccc(-c2nn(C(C)C(F)(F)F)c(N)c2C(N)=O)cc1. The zero-order chi connectivity index (χ0) is 27.6. The summed E-state index contributed by atoms with van der Waals surface area (Å²) in [6.07, 6.45) is -3.07. The van der Waals surface area contributed by atoms with Gasteiger partial charge in [-0.25, -0.2) is 4.68 Å². The molecule has 36 heavy (non-hydrogen) atoms. The Labute approximate surface area is 206 Å². The number of amides is 2. The fourth-order valence-electron chi connectivity index (χ4n) is 3.47. The van der Waals surface area contributed by atoms with Crippen molar-refractivity contribution in [2.75, 3.05) is 5.73 Å². The molecule has 2 atom stereocenters. The average Bonchev–Trinajstić information content (AvgIpc) is 3.07. The molecule has 1 heterocycles. The number of halogens is 3. The normalized spacial score (nSPS) is 14.3. The first-order valence-electron chi connectivity index (χ1n) is 11.1. The van der Waals surface area contributed by atoms with Gasteiger partial charge in [-0.1, -0.05) is 45.0 Å². The van der Waals surface area contributed by atoms with Gasteiger partial charge in [0.05, 0.1) is 5.92 Å². The molecule has 0 aliphatic rings. The first-order valence-corrected chi connectivity index (χ1v) is 11.1. The Bertz CT molecular complexity index is 1180. The molecule has 0 aliphatic carbocycles. The number of primary amides is 1. The maximum absolute atomic E-state index is 13.2. The highest BCUT2D eigenvalue weighted by atomic mass is 19.4. The van der Waals surface area contributed by atoms with Gasteiger partial charge in [-0.2, -0.15) is 18.3 Å². The minimum atomic E-state index is -4.65. The number of nitrogens with one attached hydrogen (secondary N) is 2. The number of carbonyl (C=O) groups is 2. The van der Waals surface area contributed by atoms with Gasteiger partial charge in [-0.15, -0.1) is 0 Å². The molecule has 2 amide bonds. The van der Waals surface area contributed by atoms with Gasteiger partial charge in [0.15, 0.2) is 5.88 Å². The van der Waals surface area contributed by atoms with Gasteiger partial charge in [0.25, 0.3) is 5.91 Å². The van der Waals surface area contributed by atoms with Crippen molar-refractivity contribution in [3.63, 3.8) is 0 Å². The quantitative estimate of drug-likeness (QED) is 0.263. The molecule has 0 bridgehead atoms. The summed E-state index contributed by atoms with van der Waals surface area (Å²) in [5.41, 5.74) is 11.5. The van der Waals surface area contributed by atoms with Crippen LogP contribution in [0.25, 0.3) is 11.3 Å². The summed E-state index contributed by atoms with van der Waals surface area (Å²) in [7, 11) is 0. The van der Waals surface area contributed by atoms with E-state index in [2.05, 4.69) is 10.4 Å². The molecule has 0 spiro atoms. The van der Waals surface area contributed by atoms with Crippen LogP contribution in [0.1, 0.15) is 68.9 Å². The van der Waals surface area contributed by atoms with E-state index in [9.17, 15) is 27.9 Å². The van der Waals surface area contributed by atoms with Crippen LogP contribution in [0.2, 0.25) is 0 Å². The highest BCUT2D eigenvalue weighted by Gasteiger charge is 2.40. The zero-order valence-corrected chi connectivity index (χ0v) is 20.7. The largest absolute Gasteiger partial charge is 0.494 e. The Balaban J connectivity index is 2.27. The predicted octanol–water partition coefficient (Wildman–Crippen LogP) is 4.43. The highest BCUT2D eigenvalue weighted by molar-refractivity contribution is 6.03. The Morgan fingerprint density at radius 3 is 2.22 bits per heavy atom. The topological polar surface area (TPSA) is 160 Å². The van der Waals surface area contributed by atoms with E-state index in [1.165, 1.54) is 30.3 Å². The van der Waals surface area contributed by atoms with Crippen molar-refractivity contribution in [3.8, 4) is 11.3 Å². The third kappa shape index (κ3) is 6.86. The lowest BCUT2D eigenvalue weighted by Crippen LogP contribution is -2.28. The van der Waals surface area contributed by atoms with Crippen molar-refractivity contribution >= 4 is 23.3 Å². The lowest BCUT2D eigenvalue weighted by Gasteiger charge is -2.17. The zero-order valence-electron chi connectivity index (χ0n) is 20.7. The van der Waals surface area contributed by atoms with E-state index in [4.69, 9.17) is 16.9 Å². The lowest BCUT2D eigenvalue weighted by atomic mass is 9.89. The van der Waals surface area contributed by atoms with E-state index in [0.29, 0.717) is 16.7 Å². The monoisotopic (exact) mass is 508 g/mol. The summed E-state index contributed by atoms with van der Waals surface area (Å²) in [6, 6.07) is 3.94. The second kappa shape index (κ2) is 10.4. The van der Waals surface area contributed by atoms with Gasteiger partial charge in [0.1, 0.15) is 23.1 Å². The number of nitrogens with two attached hydrogens (primary N) is 2. The van der Waals surface area contributed by atoms with E-state index in [0.717, 1.165) is 6.92 Å². The minimum absolute atomic E-state index is 0.113. The Hall–Kier alpha value is -3.83. The Kier molecular flexibility index (Phi) is 8.23. The van der Waals surface area contributed by atoms with Crippen molar-refractivity contribution in [2.45, 2.75) is 59.2 Å². The summed E-state index contributed by atoms with van der Waals surface area (Å²) in [4.78, 5) is 24.5. The fraction of sp³-hybridized carbons (Fsp3) is 0.417. The van der Waals surface area contributed by atoms with Crippen molar-refractivity contribution in [2.24, 2.45) is 11.1 Å². The van der Waals surface area contributed by atoms with Gasteiger partial charge in [0, 0.05) is 17.4 Å². The fourth-order valence-corrected chi connectivity index (χ4v) is 3.47. The molecule has 1 aromatic heterocycles. The van der Waals surface area contributed by atoms with Crippen LogP contribution in [0.5, 0.6) is 0 Å². The van der Waals surface area contributed by atoms with E-state index >= 15 is 0 Å². The molecule has 12 heteroatoms. The van der Waals surface area contributed by atoms with E-state index in [1.54, 1.807) is 6.92 Å². The number of aromatic nitrogens is 2. The van der Waals surface area contributed by atoms with Gasteiger partial charge in [-0.05, 0) is 31.2 Å². The molecule has 2 rings (SSSR count). The van der Waals surface area contributed by atoms with Crippen LogP contribution in [0.4, 0.5) is 19.0 Å². The van der Waals surface area contributed by atoms with E-state index < -0.39 is 41.7 Å². The lowest BCUT2D eigenvalue weighted by molar-refractivity contribution is -0.164. The summed E-state index contributed by atoms with van der Waals surface area (Å²) in [5.74, 6) is -3.25. The van der Waals surface area contributed by atoms with Crippen molar-refractivity contribution in [3.05, 3.63) is 47.4 Å². The number of carbonyl (C=O) groups excluding carboxylic acids is 2. The summed E-state index contributed by atoms with van der Waals surface area (Å²) >= 11 is 0. The van der Waals surface area contributed by atoms with Crippen LogP contribution in [0.3, 0.4) is 0 Å². The number of nitrogen functional groups attached to an aromatic ring is 1. The Morgan fingerprint density at radius 2 is 1.75 bits per heavy atom. The van der Waals surface area contributed by atoms with E-state index in [1.807, 2.05) is 20.8 Å². The van der Waals surface area contributed by atoms with Crippen LogP contribution in [-0.2, 0) is 4.79 Å². The number of anilines is 1. The smallest absolute Gasteiger partial charge is 0.410 e. The summed E-state index contributed by atoms with van der Waals surface area (Å²) in [5, 5.41) is 24.2. The molecule has 0 aliphatic heterocycles. The molecule has 0 saturated carbocycles. The predicted molar refractivity (Wildman–Crippen MR) is 130 cm³/mol. The van der Waals surface area contributed by atoms with Gasteiger partial charge < -0.3 is 22.0 Å². The number of aliphatic hydroxyl groups excluding tert-OH is 1. The molecule has 2 unspecified atom stereocenters. The molecule has 9 nitrogen and oxygen atoms in total. The Morgan fingerprint density at radius 1 is 1.19 bits per heavy atom. The van der Waals surface area contributed by atoms with Gasteiger partial charge in [-0.3, -0.25) is 14.9 Å². The number of hydrogen-bond donors (Lipinski definition) is 5. The first kappa shape index (κ1) is 28.4. The summed E-state index contributed by atoms with van der Waals surface area (Å²) < 4.78 is 40.1. The number of nitrogens with zero attached hydrogens (tertiary/aromatic N) is 2. The number of alkyl halides is 3. The molecule has 0 radical (unpaired) electrons. The van der Waals surface area contributed by atoms with Gasteiger partial charge >= 0.3 is 6.18 Å². The van der Waals surface area contributed by atoms with Crippen LogP contribution in [0, 0.1) is 10.8 Å².